The molecule has 0 aliphatic heterocycles. The van der Waals surface area contributed by atoms with E-state index >= 15 is 0 Å². The van der Waals surface area contributed by atoms with E-state index in [0.717, 1.165) is 5.56 Å². The van der Waals surface area contributed by atoms with Crippen LogP contribution in [0.5, 0.6) is 0 Å². The number of hydrogen-bond donors (Lipinski definition) is 1. The molecule has 18 heavy (non-hydrogen) atoms. The Balaban J connectivity index is 2.53. The van der Waals surface area contributed by atoms with E-state index in [1.807, 2.05) is 6.07 Å². The average Bonchev–Trinajstić information content (AvgIpc) is 2.62. The van der Waals surface area contributed by atoms with Gasteiger partial charge in [-0.05, 0) is 24.6 Å². The fourth-order valence-corrected chi connectivity index (χ4v) is 2.02. The Bertz CT molecular complexity index is 557. The van der Waals surface area contributed by atoms with Crippen molar-refractivity contribution >= 4 is 11.0 Å². The number of aryl methyl sites for hydroxylation is 1. The molecule has 0 spiro atoms. The predicted molar refractivity (Wildman–Crippen MR) is 63.1 cm³/mol. The van der Waals surface area contributed by atoms with Crippen LogP contribution in [0.25, 0.3) is 11.0 Å². The van der Waals surface area contributed by atoms with Crippen LogP contribution in [0.15, 0.2) is 18.2 Å². The molecule has 1 aromatic carbocycles. The number of alkyl halides is 3. The number of hydrogen-bond acceptors (Lipinski definition) is 2. The quantitative estimate of drug-likeness (QED) is 0.918. The molecule has 1 heterocycles. The second-order valence-electron chi connectivity index (χ2n) is 4.09. The van der Waals surface area contributed by atoms with Crippen molar-refractivity contribution in [1.29, 1.82) is 0 Å². The topological polar surface area (TPSA) is 43.8 Å². The monoisotopic (exact) mass is 257 g/mol. The van der Waals surface area contributed by atoms with Crippen LogP contribution in [0.1, 0.15) is 18.3 Å². The zero-order valence-electron chi connectivity index (χ0n) is 9.96. The first kappa shape index (κ1) is 12.9. The summed E-state index contributed by atoms with van der Waals surface area (Å²) in [6, 6.07) is 5.32. The van der Waals surface area contributed by atoms with Crippen molar-refractivity contribution in [3.8, 4) is 0 Å². The van der Waals surface area contributed by atoms with Gasteiger partial charge >= 0.3 is 6.18 Å². The molecule has 0 saturated carbocycles. The minimum atomic E-state index is -4.25. The Morgan fingerprint density at radius 2 is 2.06 bits per heavy atom. The molecule has 0 aliphatic rings. The van der Waals surface area contributed by atoms with Gasteiger partial charge in [0.2, 0.25) is 0 Å². The molecule has 0 bridgehead atoms. The predicted octanol–water partition coefficient (Wildman–Crippen LogP) is 2.62. The van der Waals surface area contributed by atoms with Crippen LogP contribution in [-0.2, 0) is 19.5 Å². The van der Waals surface area contributed by atoms with Gasteiger partial charge < -0.3 is 10.3 Å². The summed E-state index contributed by atoms with van der Waals surface area (Å²) in [7, 11) is 0. The lowest BCUT2D eigenvalue weighted by Gasteiger charge is -2.08. The minimum Gasteiger partial charge on any atom is -0.328 e. The number of benzene rings is 1. The van der Waals surface area contributed by atoms with Gasteiger partial charge in [0.05, 0.1) is 11.0 Å². The Labute approximate surface area is 102 Å². The number of nitrogens with zero attached hydrogens (tertiary/aromatic N) is 2. The molecule has 1 aromatic heterocycles. The smallest absolute Gasteiger partial charge is 0.328 e. The molecular weight excluding hydrogens is 243 g/mol. The number of imidazole rings is 1. The first-order valence-electron chi connectivity index (χ1n) is 5.69. The summed E-state index contributed by atoms with van der Waals surface area (Å²) in [5.41, 5.74) is 7.65. The molecule has 0 fully saturated rings. The van der Waals surface area contributed by atoms with Crippen LogP contribution in [0.3, 0.4) is 0 Å². The number of rotatable bonds is 3. The summed E-state index contributed by atoms with van der Waals surface area (Å²) in [4.78, 5) is 4.06. The third-order valence-electron chi connectivity index (χ3n) is 2.80. The Hall–Kier alpha value is -1.56. The molecule has 2 aromatic rings. The van der Waals surface area contributed by atoms with E-state index in [4.69, 9.17) is 5.73 Å². The third-order valence-corrected chi connectivity index (χ3v) is 2.80. The summed E-state index contributed by atoms with van der Waals surface area (Å²) >= 11 is 0. The number of fused-ring (bicyclic) bond motifs is 1. The van der Waals surface area contributed by atoms with Crippen LogP contribution in [-0.4, -0.2) is 15.7 Å². The van der Waals surface area contributed by atoms with Gasteiger partial charge in [-0.1, -0.05) is 6.07 Å². The largest absolute Gasteiger partial charge is 0.396 e. The van der Waals surface area contributed by atoms with Crippen molar-refractivity contribution in [2.45, 2.75) is 32.6 Å². The second-order valence-corrected chi connectivity index (χ2v) is 4.09. The van der Waals surface area contributed by atoms with E-state index in [9.17, 15) is 13.2 Å². The van der Waals surface area contributed by atoms with Crippen molar-refractivity contribution in [3.05, 3.63) is 29.6 Å². The number of nitrogens with two attached hydrogens (primary N) is 1. The lowest BCUT2D eigenvalue weighted by Crippen LogP contribution is -2.16. The minimum absolute atomic E-state index is 0.0502. The van der Waals surface area contributed by atoms with Crippen molar-refractivity contribution in [2.75, 3.05) is 0 Å². The maximum atomic E-state index is 12.5. The molecule has 3 nitrogen and oxygen atoms in total. The van der Waals surface area contributed by atoms with Crippen molar-refractivity contribution in [2.24, 2.45) is 5.73 Å². The molecule has 98 valence electrons. The van der Waals surface area contributed by atoms with Crippen molar-refractivity contribution in [1.82, 2.24) is 9.55 Å². The van der Waals surface area contributed by atoms with E-state index in [-0.39, 0.29) is 5.82 Å². The maximum absolute atomic E-state index is 12.5. The van der Waals surface area contributed by atoms with Crippen LogP contribution >= 0.6 is 0 Å². The molecule has 0 atom stereocenters. The summed E-state index contributed by atoms with van der Waals surface area (Å²) in [6.07, 6.45) is -5.25. The summed E-state index contributed by atoms with van der Waals surface area (Å²) < 4.78 is 39.0. The van der Waals surface area contributed by atoms with Crippen LogP contribution in [0.4, 0.5) is 13.2 Å². The fourth-order valence-electron chi connectivity index (χ4n) is 2.02. The van der Waals surface area contributed by atoms with E-state index in [1.54, 1.807) is 23.6 Å². The van der Waals surface area contributed by atoms with Gasteiger partial charge in [0.25, 0.3) is 0 Å². The van der Waals surface area contributed by atoms with E-state index in [0.29, 0.717) is 24.1 Å². The lowest BCUT2D eigenvalue weighted by atomic mass is 10.2. The molecule has 0 amide bonds. The second kappa shape index (κ2) is 4.61. The molecule has 0 saturated heterocycles. The van der Waals surface area contributed by atoms with Gasteiger partial charge in [-0.25, -0.2) is 4.98 Å². The number of aromatic nitrogens is 2. The van der Waals surface area contributed by atoms with E-state index in [1.165, 1.54) is 0 Å². The van der Waals surface area contributed by atoms with Gasteiger partial charge in [0.1, 0.15) is 12.2 Å². The highest BCUT2D eigenvalue weighted by molar-refractivity contribution is 5.77. The van der Waals surface area contributed by atoms with Crippen molar-refractivity contribution < 1.29 is 13.2 Å². The maximum Gasteiger partial charge on any atom is 0.396 e. The summed E-state index contributed by atoms with van der Waals surface area (Å²) in [5, 5.41) is 0. The molecular formula is C12H14F3N3. The summed E-state index contributed by atoms with van der Waals surface area (Å²) in [5.74, 6) is 0.0502. The average molecular weight is 257 g/mol. The molecule has 6 heteroatoms. The zero-order chi connectivity index (χ0) is 13.3. The van der Waals surface area contributed by atoms with Crippen LogP contribution < -0.4 is 5.73 Å². The SMILES string of the molecule is CCn1c(CC(F)(F)F)nc2cc(CN)ccc21. The normalized spacial score (nSPS) is 12.3. The Kier molecular flexibility index (Phi) is 3.30. The first-order chi connectivity index (χ1) is 8.44. The fraction of sp³-hybridized carbons (Fsp3) is 0.417. The molecule has 0 unspecified atom stereocenters. The highest BCUT2D eigenvalue weighted by Gasteiger charge is 2.30. The Morgan fingerprint density at radius 3 is 2.61 bits per heavy atom. The van der Waals surface area contributed by atoms with Crippen LogP contribution in [0, 0.1) is 0 Å². The lowest BCUT2D eigenvalue weighted by molar-refractivity contribution is -0.128. The summed E-state index contributed by atoms with van der Waals surface area (Å²) in [6.45, 7) is 2.62. The first-order valence-corrected chi connectivity index (χ1v) is 5.69. The van der Waals surface area contributed by atoms with Gasteiger partial charge in [-0.2, -0.15) is 13.2 Å². The van der Waals surface area contributed by atoms with Gasteiger partial charge in [0.15, 0.2) is 0 Å². The zero-order valence-corrected chi connectivity index (χ0v) is 9.96. The number of halogens is 3. The molecule has 2 rings (SSSR count). The molecule has 0 aliphatic carbocycles. The van der Waals surface area contributed by atoms with Crippen LogP contribution in [0.2, 0.25) is 0 Å². The Morgan fingerprint density at radius 1 is 1.33 bits per heavy atom. The third kappa shape index (κ3) is 2.48. The standard InChI is InChI=1S/C12H14F3N3/c1-2-18-10-4-3-8(7-16)5-9(10)17-11(18)6-12(13,14)15/h3-5H,2,6-7,16H2,1H3. The van der Waals surface area contributed by atoms with Gasteiger partial charge in [0, 0.05) is 13.1 Å². The van der Waals surface area contributed by atoms with E-state index in [2.05, 4.69) is 4.98 Å². The van der Waals surface area contributed by atoms with E-state index < -0.39 is 12.6 Å². The van der Waals surface area contributed by atoms with Gasteiger partial charge in [-0.15, -0.1) is 0 Å². The van der Waals surface area contributed by atoms with Crippen molar-refractivity contribution in [3.63, 3.8) is 0 Å². The highest BCUT2D eigenvalue weighted by Crippen LogP contribution is 2.24. The molecule has 0 radical (unpaired) electrons. The highest BCUT2D eigenvalue weighted by atomic mass is 19.4. The van der Waals surface area contributed by atoms with Gasteiger partial charge in [-0.3, -0.25) is 0 Å². The molecule has 2 N–H and O–H groups in total.